The molecule has 1 aromatic carbocycles. The van der Waals surface area contributed by atoms with Crippen LogP contribution in [0.1, 0.15) is 35.4 Å². The third-order valence-corrected chi connectivity index (χ3v) is 4.11. The van der Waals surface area contributed by atoms with Crippen LogP contribution in [0.25, 0.3) is 0 Å². The van der Waals surface area contributed by atoms with E-state index in [2.05, 4.69) is 35.3 Å². The second kappa shape index (κ2) is 7.52. The zero-order valence-corrected chi connectivity index (χ0v) is 12.9. The average molecular weight is 311 g/mol. The lowest BCUT2D eigenvalue weighted by atomic mass is 9.99. The summed E-state index contributed by atoms with van der Waals surface area (Å²) in [5, 5.41) is 5.58. The molecular weight excluding hydrogens is 292 g/mol. The lowest BCUT2D eigenvalue weighted by molar-refractivity contribution is -0.0498. The fraction of sp³-hybridized carbons (Fsp3) is 0.375. The van der Waals surface area contributed by atoms with Gasteiger partial charge in [-0.2, -0.15) is 8.78 Å². The highest BCUT2D eigenvalue weighted by atomic mass is 32.1. The largest absolute Gasteiger partial charge is 0.435 e. The monoisotopic (exact) mass is 311 g/mol. The zero-order chi connectivity index (χ0) is 15.2. The minimum atomic E-state index is -2.79. The second-order valence-electron chi connectivity index (χ2n) is 4.77. The molecule has 0 amide bonds. The zero-order valence-electron chi connectivity index (χ0n) is 12.1. The van der Waals surface area contributed by atoms with Crippen molar-refractivity contribution in [2.24, 2.45) is 0 Å². The summed E-state index contributed by atoms with van der Waals surface area (Å²) in [4.78, 5) is 1.26. The number of rotatable bonds is 7. The third-order valence-electron chi connectivity index (χ3n) is 3.25. The van der Waals surface area contributed by atoms with Gasteiger partial charge in [-0.1, -0.05) is 19.1 Å². The van der Waals surface area contributed by atoms with Gasteiger partial charge in [0, 0.05) is 4.88 Å². The molecule has 0 radical (unpaired) electrons. The van der Waals surface area contributed by atoms with Gasteiger partial charge in [-0.25, -0.2) is 0 Å². The first-order chi connectivity index (χ1) is 10.1. The summed E-state index contributed by atoms with van der Waals surface area (Å²) in [6.45, 7) is 2.32. The Morgan fingerprint density at radius 2 is 1.90 bits per heavy atom. The van der Waals surface area contributed by atoms with Crippen molar-refractivity contribution in [2.75, 3.05) is 6.54 Å². The smallest absolute Gasteiger partial charge is 0.387 e. The van der Waals surface area contributed by atoms with Gasteiger partial charge in [0.05, 0.1) is 6.04 Å². The van der Waals surface area contributed by atoms with Gasteiger partial charge in [-0.3, -0.25) is 0 Å². The van der Waals surface area contributed by atoms with E-state index in [0.29, 0.717) is 0 Å². The molecule has 2 rings (SSSR count). The van der Waals surface area contributed by atoms with Gasteiger partial charge in [0.15, 0.2) is 0 Å². The maximum Gasteiger partial charge on any atom is 0.387 e. The minimum absolute atomic E-state index is 0.0804. The van der Waals surface area contributed by atoms with Gasteiger partial charge in [0.1, 0.15) is 5.75 Å². The predicted molar refractivity (Wildman–Crippen MR) is 82.3 cm³/mol. The van der Waals surface area contributed by atoms with Gasteiger partial charge in [0.2, 0.25) is 0 Å². The van der Waals surface area contributed by atoms with Crippen molar-refractivity contribution < 1.29 is 13.5 Å². The Balaban J connectivity index is 2.22. The molecule has 0 aliphatic rings. The standard InChI is InChI=1S/C16H19F2NOS/c1-3-9-19-15(14-8-10-21-11(14)2)12-4-6-13(7-5-12)20-16(17)18/h4-8,10,15-16,19H,3,9H2,1-2H3. The fourth-order valence-electron chi connectivity index (χ4n) is 2.23. The molecule has 21 heavy (non-hydrogen) atoms. The maximum atomic E-state index is 12.2. The first-order valence-electron chi connectivity index (χ1n) is 6.94. The number of benzene rings is 1. The summed E-state index contributed by atoms with van der Waals surface area (Å²) in [6.07, 6.45) is 1.03. The molecule has 1 unspecified atom stereocenters. The number of ether oxygens (including phenoxy) is 1. The number of aryl methyl sites for hydroxylation is 1. The van der Waals surface area contributed by atoms with E-state index >= 15 is 0 Å². The normalized spacial score (nSPS) is 12.6. The summed E-state index contributed by atoms with van der Waals surface area (Å²) in [6, 6.07) is 9.03. The van der Waals surface area contributed by atoms with Crippen LogP contribution in [0.2, 0.25) is 0 Å². The topological polar surface area (TPSA) is 21.3 Å². The summed E-state index contributed by atoms with van der Waals surface area (Å²) in [5.74, 6) is 0.185. The molecule has 1 heterocycles. The predicted octanol–water partition coefficient (Wildman–Crippen LogP) is 4.75. The van der Waals surface area contributed by atoms with Crippen LogP contribution in [-0.2, 0) is 0 Å². The summed E-state index contributed by atoms with van der Waals surface area (Å²) >= 11 is 1.71. The highest BCUT2D eigenvalue weighted by Gasteiger charge is 2.16. The molecule has 1 N–H and O–H groups in total. The second-order valence-corrected chi connectivity index (χ2v) is 5.89. The Bertz CT molecular complexity index is 554. The lowest BCUT2D eigenvalue weighted by Crippen LogP contribution is -2.23. The van der Waals surface area contributed by atoms with Crippen LogP contribution >= 0.6 is 11.3 Å². The molecule has 2 aromatic rings. The Morgan fingerprint density at radius 3 is 2.43 bits per heavy atom. The molecular formula is C16H19F2NOS. The van der Waals surface area contributed by atoms with E-state index in [1.165, 1.54) is 10.4 Å². The molecule has 1 atom stereocenters. The summed E-state index contributed by atoms with van der Waals surface area (Å²) in [5.41, 5.74) is 2.28. The van der Waals surface area contributed by atoms with E-state index < -0.39 is 6.61 Å². The van der Waals surface area contributed by atoms with E-state index in [9.17, 15) is 8.78 Å². The van der Waals surface area contributed by atoms with Crippen molar-refractivity contribution in [3.8, 4) is 5.75 Å². The number of hydrogen-bond acceptors (Lipinski definition) is 3. The number of alkyl halides is 2. The first kappa shape index (κ1) is 15.9. The highest BCUT2D eigenvalue weighted by Crippen LogP contribution is 2.29. The molecule has 1 aromatic heterocycles. The van der Waals surface area contributed by atoms with Gasteiger partial charge >= 0.3 is 6.61 Å². The molecule has 0 fully saturated rings. The minimum Gasteiger partial charge on any atom is -0.435 e. The Hall–Kier alpha value is -1.46. The highest BCUT2D eigenvalue weighted by molar-refractivity contribution is 7.10. The Kier molecular flexibility index (Phi) is 5.70. The lowest BCUT2D eigenvalue weighted by Gasteiger charge is -2.19. The molecule has 5 heteroatoms. The molecule has 0 saturated heterocycles. The number of hydrogen-bond donors (Lipinski definition) is 1. The van der Waals surface area contributed by atoms with E-state index in [-0.39, 0.29) is 11.8 Å². The Labute approximate surface area is 127 Å². The van der Waals surface area contributed by atoms with Crippen LogP contribution in [0.5, 0.6) is 5.75 Å². The number of nitrogens with one attached hydrogen (secondary N) is 1. The van der Waals surface area contributed by atoms with E-state index in [0.717, 1.165) is 18.5 Å². The van der Waals surface area contributed by atoms with Crippen molar-refractivity contribution in [1.29, 1.82) is 0 Å². The fourth-order valence-corrected chi connectivity index (χ4v) is 2.97. The van der Waals surface area contributed by atoms with E-state index in [1.807, 2.05) is 12.1 Å². The van der Waals surface area contributed by atoms with Crippen LogP contribution in [0.3, 0.4) is 0 Å². The van der Waals surface area contributed by atoms with Crippen molar-refractivity contribution in [2.45, 2.75) is 32.9 Å². The van der Waals surface area contributed by atoms with Crippen LogP contribution in [0, 0.1) is 6.92 Å². The summed E-state index contributed by atoms with van der Waals surface area (Å²) in [7, 11) is 0. The van der Waals surface area contributed by atoms with Crippen LogP contribution < -0.4 is 10.1 Å². The van der Waals surface area contributed by atoms with Crippen LogP contribution in [0.4, 0.5) is 8.78 Å². The van der Waals surface area contributed by atoms with Crippen LogP contribution in [-0.4, -0.2) is 13.2 Å². The maximum absolute atomic E-state index is 12.2. The van der Waals surface area contributed by atoms with Crippen molar-refractivity contribution in [3.05, 3.63) is 51.7 Å². The molecule has 114 valence electrons. The number of thiophene rings is 1. The van der Waals surface area contributed by atoms with Gasteiger partial charge in [-0.15, -0.1) is 11.3 Å². The van der Waals surface area contributed by atoms with E-state index in [1.54, 1.807) is 23.5 Å². The van der Waals surface area contributed by atoms with Crippen molar-refractivity contribution in [1.82, 2.24) is 5.32 Å². The number of halogens is 2. The van der Waals surface area contributed by atoms with Gasteiger partial charge < -0.3 is 10.1 Å². The van der Waals surface area contributed by atoms with Gasteiger partial charge in [-0.05, 0) is 54.6 Å². The third kappa shape index (κ3) is 4.25. The van der Waals surface area contributed by atoms with Crippen LogP contribution in [0.15, 0.2) is 35.7 Å². The quantitative estimate of drug-likeness (QED) is 0.797. The Morgan fingerprint density at radius 1 is 1.19 bits per heavy atom. The molecule has 0 bridgehead atoms. The van der Waals surface area contributed by atoms with E-state index in [4.69, 9.17) is 0 Å². The molecule has 0 aliphatic heterocycles. The van der Waals surface area contributed by atoms with Crippen molar-refractivity contribution >= 4 is 11.3 Å². The first-order valence-corrected chi connectivity index (χ1v) is 7.82. The van der Waals surface area contributed by atoms with Crippen molar-refractivity contribution in [3.63, 3.8) is 0 Å². The summed E-state index contributed by atoms with van der Waals surface area (Å²) < 4.78 is 28.8. The SMILES string of the molecule is CCCNC(c1ccc(OC(F)F)cc1)c1ccsc1C. The molecule has 2 nitrogen and oxygen atoms in total. The molecule has 0 aliphatic carbocycles. The molecule has 0 spiro atoms. The van der Waals surface area contributed by atoms with Gasteiger partial charge in [0.25, 0.3) is 0 Å². The molecule has 0 saturated carbocycles. The average Bonchev–Trinajstić information content (AvgIpc) is 2.87.